The van der Waals surface area contributed by atoms with Crippen molar-refractivity contribution in [2.75, 3.05) is 49.8 Å². The zero-order chi connectivity index (χ0) is 21.5. The van der Waals surface area contributed by atoms with E-state index < -0.39 is 0 Å². The number of morpholine rings is 1. The molecule has 0 saturated carbocycles. The van der Waals surface area contributed by atoms with Crippen LogP contribution in [0.1, 0.15) is 11.1 Å². The van der Waals surface area contributed by atoms with Crippen molar-refractivity contribution in [1.82, 2.24) is 9.97 Å². The van der Waals surface area contributed by atoms with Gasteiger partial charge in [0.25, 0.3) is 0 Å². The zero-order valence-corrected chi connectivity index (χ0v) is 18.1. The highest BCUT2D eigenvalue weighted by atomic mass is 16.5. The summed E-state index contributed by atoms with van der Waals surface area (Å²) in [6.07, 6.45) is 3.78. The van der Waals surface area contributed by atoms with Crippen LogP contribution in [0.2, 0.25) is 0 Å². The summed E-state index contributed by atoms with van der Waals surface area (Å²) in [4.78, 5) is 19.2. The van der Waals surface area contributed by atoms with Gasteiger partial charge in [0.2, 0.25) is 5.95 Å². The smallest absolute Gasteiger partial charge is 0.228 e. The topological polar surface area (TPSA) is 63.1 Å². The molecule has 0 amide bonds. The van der Waals surface area contributed by atoms with Crippen LogP contribution in [0.15, 0.2) is 47.5 Å². The van der Waals surface area contributed by atoms with Crippen LogP contribution in [0.25, 0.3) is 11.3 Å². The second-order valence-corrected chi connectivity index (χ2v) is 8.24. The molecule has 1 fully saturated rings. The van der Waals surface area contributed by atoms with E-state index >= 15 is 0 Å². The van der Waals surface area contributed by atoms with Gasteiger partial charge in [0, 0.05) is 49.1 Å². The normalized spacial score (nSPS) is 16.9. The van der Waals surface area contributed by atoms with Crippen LogP contribution in [-0.2, 0) is 17.6 Å². The molecular formula is C25H25N5O2. The van der Waals surface area contributed by atoms with Crippen LogP contribution in [0.3, 0.4) is 0 Å². The number of nitrogens with zero attached hydrogens (tertiary/aromatic N) is 5. The highest BCUT2D eigenvalue weighted by Crippen LogP contribution is 2.41. The Bertz CT molecular complexity index is 1200. The molecule has 0 bridgehead atoms. The predicted octanol–water partition coefficient (Wildman–Crippen LogP) is 3.94. The first-order valence-electron chi connectivity index (χ1n) is 11.1. The Morgan fingerprint density at radius 2 is 1.91 bits per heavy atom. The van der Waals surface area contributed by atoms with Crippen molar-refractivity contribution in [2.45, 2.75) is 12.8 Å². The van der Waals surface area contributed by atoms with Gasteiger partial charge in [0.05, 0.1) is 31.7 Å². The molecule has 0 unspecified atom stereocenters. The minimum absolute atomic E-state index is 0.696. The lowest BCUT2D eigenvalue weighted by Gasteiger charge is -2.28. The van der Waals surface area contributed by atoms with E-state index in [0.29, 0.717) is 13.2 Å². The van der Waals surface area contributed by atoms with Crippen molar-refractivity contribution in [2.24, 2.45) is 4.99 Å². The average Bonchev–Trinajstić information content (AvgIpc) is 3.50. The Morgan fingerprint density at radius 1 is 1.00 bits per heavy atom. The van der Waals surface area contributed by atoms with Crippen LogP contribution >= 0.6 is 0 Å². The van der Waals surface area contributed by atoms with E-state index in [4.69, 9.17) is 19.4 Å². The molecule has 0 atom stereocenters. The second kappa shape index (κ2) is 7.91. The molecule has 1 aromatic heterocycles. The fraction of sp³-hybridized carbons (Fsp3) is 0.320. The standard InChI is InChI=1S/C25H25N5O2/c1-31-20-4-2-3-18(15-20)23-21-8-10-30(19-6-5-17-7-9-26-22(17)16-19)24(21)28-25(27-23)29-11-13-32-14-12-29/h2-6,9,15-16H,7-8,10-14H2,1H3. The number of hydrogen-bond acceptors (Lipinski definition) is 7. The molecule has 3 aliphatic heterocycles. The summed E-state index contributed by atoms with van der Waals surface area (Å²) < 4.78 is 11.0. The Kier molecular flexibility index (Phi) is 4.76. The van der Waals surface area contributed by atoms with Crippen LogP contribution in [0.5, 0.6) is 5.75 Å². The molecule has 32 heavy (non-hydrogen) atoms. The number of aliphatic imine (C=N–C) groups is 1. The summed E-state index contributed by atoms with van der Waals surface area (Å²) in [5.41, 5.74) is 6.69. The molecule has 3 aromatic rings. The van der Waals surface area contributed by atoms with Gasteiger partial charge >= 0.3 is 0 Å². The van der Waals surface area contributed by atoms with Crippen molar-refractivity contribution in [3.8, 4) is 17.0 Å². The summed E-state index contributed by atoms with van der Waals surface area (Å²) in [6, 6.07) is 14.7. The van der Waals surface area contributed by atoms with Gasteiger partial charge in [-0.05, 0) is 36.2 Å². The van der Waals surface area contributed by atoms with Crippen LogP contribution < -0.4 is 14.5 Å². The molecule has 7 nitrogen and oxygen atoms in total. The van der Waals surface area contributed by atoms with Gasteiger partial charge < -0.3 is 19.3 Å². The number of anilines is 3. The van der Waals surface area contributed by atoms with Gasteiger partial charge in [0.1, 0.15) is 11.6 Å². The first kappa shape index (κ1) is 19.3. The first-order valence-corrected chi connectivity index (χ1v) is 11.1. The minimum atomic E-state index is 0.696. The molecule has 3 aliphatic rings. The molecule has 0 N–H and O–H groups in total. The Hall–Kier alpha value is -3.45. The number of ether oxygens (including phenoxy) is 2. The molecule has 162 valence electrons. The third-order valence-corrected chi connectivity index (χ3v) is 6.37. The summed E-state index contributed by atoms with van der Waals surface area (Å²) in [5, 5.41) is 0. The second-order valence-electron chi connectivity index (χ2n) is 8.24. The third kappa shape index (κ3) is 3.29. The lowest BCUT2D eigenvalue weighted by molar-refractivity contribution is 0.122. The highest BCUT2D eigenvalue weighted by Gasteiger charge is 2.29. The Labute approximate surface area is 187 Å². The summed E-state index contributed by atoms with van der Waals surface area (Å²) in [5.74, 6) is 2.58. The van der Waals surface area contributed by atoms with E-state index in [1.54, 1.807) is 7.11 Å². The van der Waals surface area contributed by atoms with E-state index in [1.807, 2.05) is 18.3 Å². The van der Waals surface area contributed by atoms with Crippen molar-refractivity contribution in [1.29, 1.82) is 0 Å². The number of hydrogen-bond donors (Lipinski definition) is 0. The van der Waals surface area contributed by atoms with Crippen LogP contribution in [0, 0.1) is 0 Å². The monoisotopic (exact) mass is 427 g/mol. The maximum Gasteiger partial charge on any atom is 0.228 e. The van der Waals surface area contributed by atoms with Gasteiger partial charge in [-0.15, -0.1) is 0 Å². The van der Waals surface area contributed by atoms with E-state index in [2.05, 4.69) is 45.1 Å². The van der Waals surface area contributed by atoms with E-state index in [0.717, 1.165) is 72.6 Å². The first-order chi connectivity index (χ1) is 15.8. The number of rotatable bonds is 4. The molecule has 0 aliphatic carbocycles. The number of fused-ring (bicyclic) bond motifs is 2. The lowest BCUT2D eigenvalue weighted by atomic mass is 10.1. The van der Waals surface area contributed by atoms with E-state index in [9.17, 15) is 0 Å². The van der Waals surface area contributed by atoms with Gasteiger partial charge in [-0.25, -0.2) is 4.98 Å². The maximum atomic E-state index is 5.55. The van der Waals surface area contributed by atoms with Crippen LogP contribution in [-0.4, -0.2) is 56.1 Å². The van der Waals surface area contributed by atoms with Crippen molar-refractivity contribution < 1.29 is 9.47 Å². The Morgan fingerprint density at radius 3 is 2.78 bits per heavy atom. The zero-order valence-electron chi connectivity index (χ0n) is 18.1. The van der Waals surface area contributed by atoms with E-state index in [1.165, 1.54) is 11.1 Å². The van der Waals surface area contributed by atoms with Crippen molar-refractivity contribution in [3.63, 3.8) is 0 Å². The molecular weight excluding hydrogens is 402 g/mol. The van der Waals surface area contributed by atoms with Gasteiger partial charge in [0.15, 0.2) is 0 Å². The lowest BCUT2D eigenvalue weighted by Crippen LogP contribution is -2.37. The molecule has 7 heteroatoms. The molecule has 1 saturated heterocycles. The number of aromatic nitrogens is 2. The quantitative estimate of drug-likeness (QED) is 0.629. The predicted molar refractivity (Wildman–Crippen MR) is 126 cm³/mol. The fourth-order valence-electron chi connectivity index (χ4n) is 4.66. The molecule has 0 spiro atoms. The maximum absolute atomic E-state index is 5.55. The van der Waals surface area contributed by atoms with Crippen molar-refractivity contribution >= 4 is 29.4 Å². The molecule has 0 radical (unpaired) electrons. The average molecular weight is 428 g/mol. The summed E-state index contributed by atoms with van der Waals surface area (Å²) in [7, 11) is 1.70. The molecule has 4 heterocycles. The van der Waals surface area contributed by atoms with E-state index in [-0.39, 0.29) is 0 Å². The van der Waals surface area contributed by atoms with Gasteiger partial charge in [-0.3, -0.25) is 4.99 Å². The van der Waals surface area contributed by atoms with Gasteiger partial charge in [-0.1, -0.05) is 18.2 Å². The van der Waals surface area contributed by atoms with Crippen molar-refractivity contribution in [3.05, 3.63) is 53.6 Å². The summed E-state index contributed by atoms with van der Waals surface area (Å²) in [6.45, 7) is 3.85. The molecule has 6 rings (SSSR count). The number of benzene rings is 2. The summed E-state index contributed by atoms with van der Waals surface area (Å²) >= 11 is 0. The van der Waals surface area contributed by atoms with Crippen LogP contribution in [0.4, 0.5) is 23.1 Å². The SMILES string of the molecule is COc1cccc(-c2nc(N3CCOCC3)nc3c2CCN3c2ccc3c(c2)N=CC3)c1. The molecule has 2 aromatic carbocycles. The largest absolute Gasteiger partial charge is 0.497 e. The minimum Gasteiger partial charge on any atom is -0.497 e. The Balaban J connectivity index is 1.48. The van der Waals surface area contributed by atoms with Gasteiger partial charge in [-0.2, -0.15) is 4.98 Å². The fourth-order valence-corrected chi connectivity index (χ4v) is 4.66. The third-order valence-electron chi connectivity index (χ3n) is 6.37. The highest BCUT2D eigenvalue weighted by molar-refractivity contribution is 5.81. The number of methoxy groups -OCH3 is 1.